The Hall–Kier alpha value is -4.86. The highest BCUT2D eigenvalue weighted by Gasteiger charge is 2.29. The number of rotatable bonds is 14. The van der Waals surface area contributed by atoms with Crippen LogP contribution in [-0.4, -0.2) is 67.2 Å². The van der Waals surface area contributed by atoms with Gasteiger partial charge in [0.2, 0.25) is 5.91 Å². The largest absolute Gasteiger partial charge is 0.494 e. The molecule has 2 amide bonds. The minimum Gasteiger partial charge on any atom is -0.494 e. The minimum atomic E-state index is -0.874. The second-order valence-corrected chi connectivity index (χ2v) is 10.6. The lowest BCUT2D eigenvalue weighted by atomic mass is 9.96. The van der Waals surface area contributed by atoms with Gasteiger partial charge in [-0.1, -0.05) is 30.3 Å². The van der Waals surface area contributed by atoms with E-state index in [0.717, 1.165) is 29.9 Å². The standard InChI is InChI=1S/C34H38N2O8/c1-42-34(41)26-12-15-30(29(23-26)32(38)36-19-17-25(18-20-36)33(39)40)35-31(37)16-11-24-9-13-28(14-10-24)44-22-6-5-21-43-27-7-3-2-4-8-27/h2-4,7-10,12-15,23,25H,5-6,11,16-22H2,1H3,(H,35,37)(H,39,40). The van der Waals surface area contributed by atoms with Gasteiger partial charge < -0.3 is 29.5 Å². The predicted octanol–water partition coefficient (Wildman–Crippen LogP) is 5.22. The molecular weight excluding hydrogens is 564 g/mol. The summed E-state index contributed by atoms with van der Waals surface area (Å²) in [6, 6.07) is 21.7. The van der Waals surface area contributed by atoms with Gasteiger partial charge in [0.05, 0.1) is 43.1 Å². The van der Waals surface area contributed by atoms with Gasteiger partial charge in [0.15, 0.2) is 0 Å². The number of anilines is 1. The van der Waals surface area contributed by atoms with E-state index >= 15 is 0 Å². The quantitative estimate of drug-likeness (QED) is 0.190. The summed E-state index contributed by atoms with van der Waals surface area (Å²) in [5, 5.41) is 12.1. The maximum Gasteiger partial charge on any atom is 0.337 e. The van der Waals surface area contributed by atoms with Crippen molar-refractivity contribution in [2.45, 2.75) is 38.5 Å². The molecule has 3 aromatic carbocycles. The van der Waals surface area contributed by atoms with Crippen molar-refractivity contribution in [2.75, 3.05) is 38.7 Å². The lowest BCUT2D eigenvalue weighted by Gasteiger charge is -2.30. The van der Waals surface area contributed by atoms with Crippen molar-refractivity contribution in [2.24, 2.45) is 5.92 Å². The number of nitrogens with one attached hydrogen (secondary N) is 1. The fourth-order valence-corrected chi connectivity index (χ4v) is 4.90. The Morgan fingerprint density at radius 3 is 2.11 bits per heavy atom. The van der Waals surface area contributed by atoms with Crippen LogP contribution in [0.4, 0.5) is 5.69 Å². The summed E-state index contributed by atoms with van der Waals surface area (Å²) in [6.07, 6.45) is 3.08. The Morgan fingerprint density at radius 2 is 1.50 bits per heavy atom. The van der Waals surface area contributed by atoms with Crippen LogP contribution in [0.1, 0.15) is 58.4 Å². The van der Waals surface area contributed by atoms with Crippen LogP contribution in [0.15, 0.2) is 72.8 Å². The lowest BCUT2D eigenvalue weighted by molar-refractivity contribution is -0.143. The molecule has 3 aromatic rings. The van der Waals surface area contributed by atoms with Crippen LogP contribution in [-0.2, 0) is 20.7 Å². The van der Waals surface area contributed by atoms with Crippen molar-refractivity contribution in [3.63, 3.8) is 0 Å². The molecule has 0 spiro atoms. The minimum absolute atomic E-state index is 0.156. The number of likely N-dealkylation sites (tertiary alicyclic amines) is 1. The number of hydrogen-bond donors (Lipinski definition) is 2. The molecule has 232 valence electrons. The van der Waals surface area contributed by atoms with Gasteiger partial charge in [-0.05, 0) is 80.1 Å². The lowest BCUT2D eigenvalue weighted by Crippen LogP contribution is -2.40. The highest BCUT2D eigenvalue weighted by Crippen LogP contribution is 2.25. The summed E-state index contributed by atoms with van der Waals surface area (Å²) >= 11 is 0. The summed E-state index contributed by atoms with van der Waals surface area (Å²) in [5.74, 6) is -1.03. The summed E-state index contributed by atoms with van der Waals surface area (Å²) in [6.45, 7) is 1.75. The van der Waals surface area contributed by atoms with E-state index < -0.39 is 17.9 Å². The van der Waals surface area contributed by atoms with Gasteiger partial charge in [-0.15, -0.1) is 0 Å². The SMILES string of the molecule is COC(=O)c1ccc(NC(=O)CCc2ccc(OCCCCOc3ccccc3)cc2)c(C(=O)N2CCC(C(=O)O)CC2)c1. The molecule has 1 saturated heterocycles. The van der Waals surface area contributed by atoms with Gasteiger partial charge in [0.1, 0.15) is 11.5 Å². The van der Waals surface area contributed by atoms with E-state index in [9.17, 15) is 24.3 Å². The fourth-order valence-electron chi connectivity index (χ4n) is 4.90. The van der Waals surface area contributed by atoms with Crippen LogP contribution in [0.5, 0.6) is 11.5 Å². The van der Waals surface area contributed by atoms with Crippen LogP contribution in [0.2, 0.25) is 0 Å². The smallest absolute Gasteiger partial charge is 0.337 e. The van der Waals surface area contributed by atoms with Gasteiger partial charge in [-0.25, -0.2) is 4.79 Å². The molecule has 0 radical (unpaired) electrons. The third kappa shape index (κ3) is 9.32. The molecule has 1 fully saturated rings. The van der Waals surface area contributed by atoms with E-state index in [1.165, 1.54) is 25.3 Å². The number of benzene rings is 3. The molecule has 44 heavy (non-hydrogen) atoms. The monoisotopic (exact) mass is 602 g/mol. The van der Waals surface area contributed by atoms with Crippen LogP contribution in [0, 0.1) is 5.92 Å². The van der Waals surface area contributed by atoms with Crippen molar-refractivity contribution in [3.8, 4) is 11.5 Å². The predicted molar refractivity (Wildman–Crippen MR) is 164 cm³/mol. The maximum absolute atomic E-state index is 13.4. The number of nitrogens with zero attached hydrogens (tertiary/aromatic N) is 1. The number of esters is 1. The number of unbranched alkanes of at least 4 members (excludes halogenated alkanes) is 1. The number of carbonyl (C=O) groups is 4. The summed E-state index contributed by atoms with van der Waals surface area (Å²) in [7, 11) is 1.25. The van der Waals surface area contributed by atoms with E-state index in [2.05, 4.69) is 5.32 Å². The van der Waals surface area contributed by atoms with Crippen molar-refractivity contribution in [1.82, 2.24) is 4.90 Å². The molecule has 4 rings (SSSR count). The van der Waals surface area contributed by atoms with Crippen molar-refractivity contribution < 1.29 is 38.5 Å². The van der Waals surface area contributed by atoms with Gasteiger partial charge in [0, 0.05) is 19.5 Å². The molecule has 1 aliphatic heterocycles. The maximum atomic E-state index is 13.4. The molecule has 0 bridgehead atoms. The topological polar surface area (TPSA) is 131 Å². The second-order valence-electron chi connectivity index (χ2n) is 10.6. The van der Waals surface area contributed by atoms with E-state index in [0.29, 0.717) is 32.5 Å². The number of ether oxygens (including phenoxy) is 3. The van der Waals surface area contributed by atoms with Crippen LogP contribution in [0.3, 0.4) is 0 Å². The normalized spacial score (nSPS) is 13.2. The first-order chi connectivity index (χ1) is 21.3. The number of carbonyl (C=O) groups excluding carboxylic acids is 3. The van der Waals surface area contributed by atoms with Crippen molar-refractivity contribution >= 4 is 29.4 Å². The molecule has 0 atom stereocenters. The Balaban J connectivity index is 1.26. The molecule has 10 nitrogen and oxygen atoms in total. The van der Waals surface area contributed by atoms with Crippen LogP contribution < -0.4 is 14.8 Å². The Morgan fingerprint density at radius 1 is 0.864 bits per heavy atom. The number of hydrogen-bond acceptors (Lipinski definition) is 7. The summed E-state index contributed by atoms with van der Waals surface area (Å²) in [5.41, 5.74) is 1.58. The van der Waals surface area contributed by atoms with Crippen LogP contribution in [0.25, 0.3) is 0 Å². The summed E-state index contributed by atoms with van der Waals surface area (Å²) < 4.78 is 16.3. The van der Waals surface area contributed by atoms with Gasteiger partial charge in [-0.3, -0.25) is 14.4 Å². The van der Waals surface area contributed by atoms with Gasteiger partial charge in [0.25, 0.3) is 5.91 Å². The summed E-state index contributed by atoms with van der Waals surface area (Å²) in [4.78, 5) is 51.3. The Kier molecular flexibility index (Phi) is 11.7. The average molecular weight is 603 g/mol. The molecule has 0 saturated carbocycles. The number of carboxylic acid groups (broad SMARTS) is 1. The van der Waals surface area contributed by atoms with E-state index in [1.807, 2.05) is 54.6 Å². The van der Waals surface area contributed by atoms with Crippen molar-refractivity contribution in [1.29, 1.82) is 0 Å². The van der Waals surface area contributed by atoms with Crippen LogP contribution >= 0.6 is 0 Å². The molecule has 0 aliphatic carbocycles. The number of methoxy groups -OCH3 is 1. The first-order valence-corrected chi connectivity index (χ1v) is 14.8. The number of carboxylic acids is 1. The van der Waals surface area contributed by atoms with Crippen molar-refractivity contribution in [3.05, 3.63) is 89.5 Å². The first kappa shape index (κ1) is 32.1. The molecule has 0 aromatic heterocycles. The third-order valence-corrected chi connectivity index (χ3v) is 7.46. The first-order valence-electron chi connectivity index (χ1n) is 14.8. The second kappa shape index (κ2) is 16.1. The molecule has 1 aliphatic rings. The molecule has 10 heteroatoms. The molecular formula is C34H38N2O8. The molecule has 0 unspecified atom stereocenters. The molecule has 1 heterocycles. The average Bonchev–Trinajstić information content (AvgIpc) is 3.06. The Bertz CT molecular complexity index is 1420. The number of piperidine rings is 1. The number of aryl methyl sites for hydroxylation is 1. The molecule has 2 N–H and O–H groups in total. The zero-order valence-electron chi connectivity index (χ0n) is 24.8. The number of aliphatic carboxylic acids is 1. The third-order valence-electron chi connectivity index (χ3n) is 7.46. The van der Waals surface area contributed by atoms with Gasteiger partial charge >= 0.3 is 11.9 Å². The number of amides is 2. The van der Waals surface area contributed by atoms with E-state index in [4.69, 9.17) is 14.2 Å². The zero-order chi connectivity index (χ0) is 31.3. The fraction of sp³-hybridized carbons (Fsp3) is 0.353. The highest BCUT2D eigenvalue weighted by molar-refractivity contribution is 6.05. The Labute approximate surface area is 256 Å². The van der Waals surface area contributed by atoms with E-state index in [1.54, 1.807) is 4.90 Å². The zero-order valence-corrected chi connectivity index (χ0v) is 24.8. The highest BCUT2D eigenvalue weighted by atomic mass is 16.5. The number of para-hydroxylation sites is 1. The van der Waals surface area contributed by atoms with E-state index in [-0.39, 0.29) is 48.1 Å². The van der Waals surface area contributed by atoms with Gasteiger partial charge in [-0.2, -0.15) is 0 Å².